The van der Waals surface area contributed by atoms with Gasteiger partial charge in [0.1, 0.15) is 0 Å². The zero-order valence-corrected chi connectivity index (χ0v) is 5.32. The molecule has 4 nitrogen and oxygen atoms in total. The van der Waals surface area contributed by atoms with Crippen molar-refractivity contribution in [1.29, 1.82) is 0 Å². The Labute approximate surface area is 58.2 Å². The van der Waals surface area contributed by atoms with Gasteiger partial charge in [0.25, 0.3) is 0 Å². The number of hydrogen-bond donors (Lipinski definition) is 2. The Bertz CT molecular complexity index is 164. The van der Waals surface area contributed by atoms with Gasteiger partial charge in [-0.05, 0) is 0 Å². The Morgan fingerprint density at radius 3 is 2.50 bits per heavy atom. The van der Waals surface area contributed by atoms with Gasteiger partial charge in [0.15, 0.2) is 0 Å². The lowest BCUT2D eigenvalue weighted by atomic mass is 10.7. The van der Waals surface area contributed by atoms with Crippen LogP contribution in [-0.4, -0.2) is 21.0 Å². The second kappa shape index (κ2) is 5.55. The Morgan fingerprint density at radius 1 is 1.80 bits per heavy atom. The zero-order valence-electron chi connectivity index (χ0n) is 5.32. The minimum Gasteiger partial charge on any atom is -0.478 e. The lowest BCUT2D eigenvalue weighted by molar-refractivity contribution is -0.131. The summed E-state index contributed by atoms with van der Waals surface area (Å²) in [6.45, 7) is 2.96. The number of imidazole rings is 1. The molecule has 0 aliphatic heterocycles. The van der Waals surface area contributed by atoms with E-state index in [1.807, 2.05) is 0 Å². The Morgan fingerprint density at radius 2 is 2.40 bits per heavy atom. The maximum atomic E-state index is 9.25. The number of aromatic amines is 1. The number of hydrogen-bond acceptors (Lipinski definition) is 2. The van der Waals surface area contributed by atoms with Crippen molar-refractivity contribution in [3.63, 3.8) is 0 Å². The van der Waals surface area contributed by atoms with Gasteiger partial charge >= 0.3 is 5.97 Å². The quantitative estimate of drug-likeness (QED) is 0.563. The summed E-state index contributed by atoms with van der Waals surface area (Å²) in [6.07, 6.45) is 5.92. The third-order valence-electron chi connectivity index (χ3n) is 0.581. The van der Waals surface area contributed by atoms with E-state index in [4.69, 9.17) is 5.11 Å². The predicted octanol–water partition coefficient (Wildman–Crippen LogP) is 0.667. The molecule has 0 bridgehead atoms. The summed E-state index contributed by atoms with van der Waals surface area (Å²) in [6, 6.07) is 0. The Hall–Kier alpha value is -1.58. The summed E-state index contributed by atoms with van der Waals surface area (Å²) in [5.74, 6) is -0.981. The van der Waals surface area contributed by atoms with E-state index in [0.717, 1.165) is 6.08 Å². The molecule has 1 aromatic heterocycles. The highest BCUT2D eigenvalue weighted by Gasteiger charge is 1.73. The number of carboxylic acid groups (broad SMARTS) is 1. The number of rotatable bonds is 1. The SMILES string of the molecule is C=CC(=O)O.c1c[nH]cn1. The molecule has 0 radical (unpaired) electrons. The fourth-order valence-electron chi connectivity index (χ4n) is 0.215. The van der Waals surface area contributed by atoms with Gasteiger partial charge in [-0.3, -0.25) is 0 Å². The van der Waals surface area contributed by atoms with Crippen molar-refractivity contribution in [2.24, 2.45) is 0 Å². The average molecular weight is 140 g/mol. The summed E-state index contributed by atoms with van der Waals surface area (Å²) < 4.78 is 0. The number of aromatic nitrogens is 2. The van der Waals surface area contributed by atoms with Crippen LogP contribution < -0.4 is 0 Å². The van der Waals surface area contributed by atoms with Crippen molar-refractivity contribution in [1.82, 2.24) is 9.97 Å². The van der Waals surface area contributed by atoms with Gasteiger partial charge in [-0.2, -0.15) is 0 Å². The highest BCUT2D eigenvalue weighted by Crippen LogP contribution is 1.62. The predicted molar refractivity (Wildman–Crippen MR) is 36.4 cm³/mol. The summed E-state index contributed by atoms with van der Waals surface area (Å²) >= 11 is 0. The van der Waals surface area contributed by atoms with E-state index in [1.165, 1.54) is 0 Å². The van der Waals surface area contributed by atoms with Crippen molar-refractivity contribution in [3.8, 4) is 0 Å². The molecule has 4 heteroatoms. The molecule has 0 atom stereocenters. The van der Waals surface area contributed by atoms with Gasteiger partial charge in [0.05, 0.1) is 6.33 Å². The maximum Gasteiger partial charge on any atom is 0.327 e. The van der Waals surface area contributed by atoms with Gasteiger partial charge in [0, 0.05) is 18.5 Å². The Balaban J connectivity index is 0.000000162. The molecule has 1 rings (SSSR count). The van der Waals surface area contributed by atoms with E-state index in [0.29, 0.717) is 0 Å². The summed E-state index contributed by atoms with van der Waals surface area (Å²) in [4.78, 5) is 15.7. The lowest BCUT2D eigenvalue weighted by Gasteiger charge is -1.64. The van der Waals surface area contributed by atoms with Crippen LogP contribution in [0.1, 0.15) is 0 Å². The third-order valence-corrected chi connectivity index (χ3v) is 0.581. The van der Waals surface area contributed by atoms with Crippen LogP contribution in [-0.2, 0) is 4.79 Å². The third kappa shape index (κ3) is 6.42. The first-order valence-corrected chi connectivity index (χ1v) is 2.55. The van der Waals surface area contributed by atoms with E-state index in [2.05, 4.69) is 16.5 Å². The van der Waals surface area contributed by atoms with Gasteiger partial charge in [0.2, 0.25) is 0 Å². The van der Waals surface area contributed by atoms with Gasteiger partial charge in [-0.25, -0.2) is 9.78 Å². The van der Waals surface area contributed by atoms with Gasteiger partial charge < -0.3 is 10.1 Å². The molecule has 2 N–H and O–H groups in total. The molecule has 1 aromatic rings. The average Bonchev–Trinajstić information content (AvgIpc) is 2.43. The van der Waals surface area contributed by atoms with E-state index < -0.39 is 5.97 Å². The van der Waals surface area contributed by atoms with Crippen LogP contribution in [0.25, 0.3) is 0 Å². The summed E-state index contributed by atoms with van der Waals surface area (Å²) in [7, 11) is 0. The minimum atomic E-state index is -0.981. The van der Waals surface area contributed by atoms with Crippen molar-refractivity contribution >= 4 is 5.97 Å². The smallest absolute Gasteiger partial charge is 0.327 e. The summed E-state index contributed by atoms with van der Waals surface area (Å²) in [5.41, 5.74) is 0. The van der Waals surface area contributed by atoms with E-state index in [1.54, 1.807) is 18.7 Å². The molecular weight excluding hydrogens is 132 g/mol. The van der Waals surface area contributed by atoms with Gasteiger partial charge in [-0.15, -0.1) is 0 Å². The molecule has 0 fully saturated rings. The zero-order chi connectivity index (χ0) is 7.82. The molecule has 54 valence electrons. The number of H-pyrrole nitrogens is 1. The van der Waals surface area contributed by atoms with Crippen LogP contribution in [0.2, 0.25) is 0 Å². The first-order valence-electron chi connectivity index (χ1n) is 2.55. The van der Waals surface area contributed by atoms with E-state index >= 15 is 0 Å². The van der Waals surface area contributed by atoms with Crippen LogP contribution in [0, 0.1) is 0 Å². The number of nitrogens with zero attached hydrogens (tertiary/aromatic N) is 1. The second-order valence-electron chi connectivity index (χ2n) is 1.30. The fraction of sp³-hybridized carbons (Fsp3) is 0. The Kier molecular flexibility index (Phi) is 4.68. The number of carbonyl (C=O) groups is 1. The topological polar surface area (TPSA) is 66.0 Å². The van der Waals surface area contributed by atoms with E-state index in [-0.39, 0.29) is 0 Å². The monoisotopic (exact) mass is 140 g/mol. The van der Waals surface area contributed by atoms with Crippen LogP contribution in [0.3, 0.4) is 0 Å². The normalized spacial score (nSPS) is 7.20. The molecule has 0 aliphatic carbocycles. The molecule has 0 saturated carbocycles. The van der Waals surface area contributed by atoms with Crippen LogP contribution in [0.5, 0.6) is 0 Å². The highest BCUT2D eigenvalue weighted by molar-refractivity contribution is 5.78. The number of aliphatic carboxylic acids is 1. The standard InChI is InChI=1S/C3H4N2.C3H4O2/c1-2-5-3-4-1;1-2-3(4)5/h1-3H,(H,4,5);2H,1H2,(H,4,5). The van der Waals surface area contributed by atoms with Crippen molar-refractivity contribution in [2.75, 3.05) is 0 Å². The highest BCUT2D eigenvalue weighted by atomic mass is 16.4. The van der Waals surface area contributed by atoms with E-state index in [9.17, 15) is 4.79 Å². The summed E-state index contributed by atoms with van der Waals surface area (Å²) in [5, 5.41) is 7.60. The first-order chi connectivity index (χ1) is 4.77. The van der Waals surface area contributed by atoms with Crippen molar-refractivity contribution in [3.05, 3.63) is 31.4 Å². The fourth-order valence-corrected chi connectivity index (χ4v) is 0.215. The largest absolute Gasteiger partial charge is 0.478 e. The van der Waals surface area contributed by atoms with Crippen molar-refractivity contribution in [2.45, 2.75) is 0 Å². The molecule has 10 heavy (non-hydrogen) atoms. The molecule has 0 saturated heterocycles. The minimum absolute atomic E-state index is 0.833. The maximum absolute atomic E-state index is 9.25. The number of nitrogens with one attached hydrogen (secondary N) is 1. The van der Waals surface area contributed by atoms with Crippen LogP contribution in [0.15, 0.2) is 31.4 Å². The van der Waals surface area contributed by atoms with Crippen molar-refractivity contribution < 1.29 is 9.90 Å². The van der Waals surface area contributed by atoms with Crippen LogP contribution >= 0.6 is 0 Å². The molecule has 0 aromatic carbocycles. The second-order valence-corrected chi connectivity index (χ2v) is 1.30. The molecule has 0 aliphatic rings. The molecule has 0 amide bonds. The van der Waals surface area contributed by atoms with Gasteiger partial charge in [-0.1, -0.05) is 6.58 Å². The molecule has 1 heterocycles. The lowest BCUT2D eigenvalue weighted by Crippen LogP contribution is -1.82. The molecule has 0 spiro atoms. The number of carboxylic acids is 1. The molecule has 0 unspecified atom stereocenters. The molecular formula is C6H8N2O2. The first kappa shape index (κ1) is 8.42. The van der Waals surface area contributed by atoms with Crippen LogP contribution in [0.4, 0.5) is 0 Å².